The van der Waals surface area contributed by atoms with E-state index >= 15 is 0 Å². The minimum absolute atomic E-state index is 0. The van der Waals surface area contributed by atoms with Crippen LogP contribution in [0.1, 0.15) is 32.6 Å². The molecule has 2 rings (SSSR count). The van der Waals surface area contributed by atoms with E-state index in [1.54, 1.807) is 0 Å². The van der Waals surface area contributed by atoms with E-state index < -0.39 is 0 Å². The normalized spacial score (nSPS) is 22.1. The minimum atomic E-state index is 0. The lowest BCUT2D eigenvalue weighted by molar-refractivity contribution is 0.270. The van der Waals surface area contributed by atoms with Crippen molar-refractivity contribution in [1.29, 1.82) is 0 Å². The first kappa shape index (κ1) is 14.6. The van der Waals surface area contributed by atoms with Crippen molar-refractivity contribution in [2.24, 2.45) is 0 Å². The van der Waals surface area contributed by atoms with Gasteiger partial charge in [0.05, 0.1) is 0 Å². The summed E-state index contributed by atoms with van der Waals surface area (Å²) < 4.78 is 0. The molecule has 0 amide bonds. The summed E-state index contributed by atoms with van der Waals surface area (Å²) in [6.07, 6.45) is 5.63. The third kappa shape index (κ3) is 4.82. The van der Waals surface area contributed by atoms with Crippen LogP contribution < -0.4 is 5.32 Å². The molecule has 96 valence electrons. The van der Waals surface area contributed by atoms with E-state index in [1.807, 2.05) is 0 Å². The van der Waals surface area contributed by atoms with Crippen molar-refractivity contribution in [3.05, 3.63) is 0 Å². The van der Waals surface area contributed by atoms with E-state index in [4.69, 9.17) is 0 Å². The average molecular weight is 265 g/mol. The van der Waals surface area contributed by atoms with E-state index in [0.717, 1.165) is 12.1 Å². The Balaban J connectivity index is 0.00000128. The number of hydrogen-bond acceptors (Lipinski definition) is 3. The van der Waals surface area contributed by atoms with Crippen molar-refractivity contribution >= 4 is 24.2 Å². The number of hydrogen-bond donors (Lipinski definition) is 1. The number of thioether (sulfide) groups is 1. The number of nitrogens with one attached hydrogen (secondary N) is 1. The summed E-state index contributed by atoms with van der Waals surface area (Å²) in [5.74, 6) is 2.72. The van der Waals surface area contributed by atoms with Gasteiger partial charge >= 0.3 is 0 Å². The zero-order valence-corrected chi connectivity index (χ0v) is 11.9. The van der Waals surface area contributed by atoms with Crippen molar-refractivity contribution in [2.75, 3.05) is 31.1 Å². The van der Waals surface area contributed by atoms with Gasteiger partial charge in [-0.05, 0) is 43.7 Å². The van der Waals surface area contributed by atoms with Crippen LogP contribution in [0.5, 0.6) is 0 Å². The van der Waals surface area contributed by atoms with Gasteiger partial charge in [-0.25, -0.2) is 0 Å². The zero-order valence-electron chi connectivity index (χ0n) is 10.3. The Labute approximate surface area is 110 Å². The number of halogens is 1. The average Bonchev–Trinajstić information content (AvgIpc) is 3.10. The molecule has 2 aliphatic rings. The third-order valence-electron chi connectivity index (χ3n) is 3.52. The molecule has 1 saturated heterocycles. The van der Waals surface area contributed by atoms with Gasteiger partial charge in [0.15, 0.2) is 0 Å². The molecular weight excluding hydrogens is 240 g/mol. The molecule has 4 heteroatoms. The predicted molar refractivity (Wildman–Crippen MR) is 75.9 cm³/mol. The fourth-order valence-corrected chi connectivity index (χ4v) is 3.46. The maximum absolute atomic E-state index is 3.71. The Hall–Kier alpha value is 0.560. The highest BCUT2D eigenvalue weighted by Gasteiger charge is 2.27. The third-order valence-corrected chi connectivity index (χ3v) is 4.57. The highest BCUT2D eigenvalue weighted by Crippen LogP contribution is 2.25. The van der Waals surface area contributed by atoms with Gasteiger partial charge in [0, 0.05) is 25.2 Å². The summed E-state index contributed by atoms with van der Waals surface area (Å²) in [7, 11) is 0. The van der Waals surface area contributed by atoms with Crippen LogP contribution in [0.3, 0.4) is 0 Å². The van der Waals surface area contributed by atoms with E-state index in [-0.39, 0.29) is 12.4 Å². The van der Waals surface area contributed by atoms with Crippen LogP contribution in [0, 0.1) is 0 Å². The van der Waals surface area contributed by atoms with Gasteiger partial charge in [-0.15, -0.1) is 12.4 Å². The van der Waals surface area contributed by atoms with Crippen molar-refractivity contribution in [1.82, 2.24) is 10.2 Å². The molecule has 1 aliphatic carbocycles. The highest BCUT2D eigenvalue weighted by molar-refractivity contribution is 7.99. The highest BCUT2D eigenvalue weighted by atomic mass is 35.5. The molecule has 0 radical (unpaired) electrons. The lowest BCUT2D eigenvalue weighted by Gasteiger charge is -2.25. The molecule has 16 heavy (non-hydrogen) atoms. The SMILES string of the molecule is CCN(CCNC1CCSCC1)C1CC1.Cl. The molecule has 1 N–H and O–H groups in total. The summed E-state index contributed by atoms with van der Waals surface area (Å²) in [5, 5.41) is 3.71. The smallest absolute Gasteiger partial charge is 0.0110 e. The molecule has 0 aromatic heterocycles. The topological polar surface area (TPSA) is 15.3 Å². The van der Waals surface area contributed by atoms with Crippen LogP contribution in [0.4, 0.5) is 0 Å². The summed E-state index contributed by atoms with van der Waals surface area (Å²) >= 11 is 2.11. The van der Waals surface area contributed by atoms with Crippen molar-refractivity contribution in [3.63, 3.8) is 0 Å². The van der Waals surface area contributed by atoms with E-state index in [9.17, 15) is 0 Å². The molecule has 0 aromatic carbocycles. The molecule has 1 aliphatic heterocycles. The molecule has 0 unspecified atom stereocenters. The molecule has 1 heterocycles. The molecule has 2 nitrogen and oxygen atoms in total. The van der Waals surface area contributed by atoms with Crippen LogP contribution in [0.25, 0.3) is 0 Å². The van der Waals surface area contributed by atoms with Crippen LogP contribution in [0.2, 0.25) is 0 Å². The standard InChI is InChI=1S/C12H24N2S.ClH/c1-2-14(12-3-4-12)8-7-13-11-5-9-15-10-6-11;/h11-13H,2-10H2,1H3;1H. The molecule has 0 atom stereocenters. The molecule has 0 bridgehead atoms. The second-order valence-electron chi connectivity index (χ2n) is 4.70. The second-order valence-corrected chi connectivity index (χ2v) is 5.93. The fraction of sp³-hybridized carbons (Fsp3) is 1.00. The summed E-state index contributed by atoms with van der Waals surface area (Å²) in [4.78, 5) is 2.63. The first-order valence-corrected chi connectivity index (χ1v) is 7.61. The Kier molecular flexibility index (Phi) is 7.13. The molecule has 1 saturated carbocycles. The Morgan fingerprint density at radius 3 is 2.44 bits per heavy atom. The first-order chi connectivity index (χ1) is 7.40. The molecule has 2 fully saturated rings. The maximum atomic E-state index is 3.71. The van der Waals surface area contributed by atoms with Crippen molar-refractivity contribution in [3.8, 4) is 0 Å². The van der Waals surface area contributed by atoms with Crippen LogP contribution in [-0.4, -0.2) is 48.1 Å². The lowest BCUT2D eigenvalue weighted by Crippen LogP contribution is -2.39. The molecular formula is C12H25ClN2S. The van der Waals surface area contributed by atoms with Gasteiger partial charge in [-0.2, -0.15) is 11.8 Å². The lowest BCUT2D eigenvalue weighted by atomic mass is 10.1. The number of nitrogens with zero attached hydrogens (tertiary/aromatic N) is 1. The monoisotopic (exact) mass is 264 g/mol. The maximum Gasteiger partial charge on any atom is 0.0110 e. The number of likely N-dealkylation sites (N-methyl/N-ethyl adjacent to an activating group) is 1. The Morgan fingerprint density at radius 1 is 1.19 bits per heavy atom. The zero-order chi connectivity index (χ0) is 10.5. The van der Waals surface area contributed by atoms with Gasteiger partial charge in [0.1, 0.15) is 0 Å². The van der Waals surface area contributed by atoms with Gasteiger partial charge in [0.25, 0.3) is 0 Å². The second kappa shape index (κ2) is 7.80. The van der Waals surface area contributed by atoms with Crippen molar-refractivity contribution in [2.45, 2.75) is 44.7 Å². The van der Waals surface area contributed by atoms with Gasteiger partial charge in [0.2, 0.25) is 0 Å². The molecule has 0 aromatic rings. The van der Waals surface area contributed by atoms with Crippen molar-refractivity contribution < 1.29 is 0 Å². The Morgan fingerprint density at radius 2 is 1.88 bits per heavy atom. The predicted octanol–water partition coefficient (Wildman–Crippen LogP) is 2.38. The van der Waals surface area contributed by atoms with Gasteiger partial charge in [-0.1, -0.05) is 6.92 Å². The van der Waals surface area contributed by atoms with E-state index in [1.165, 1.54) is 56.8 Å². The quantitative estimate of drug-likeness (QED) is 0.793. The van der Waals surface area contributed by atoms with E-state index in [2.05, 4.69) is 28.9 Å². The minimum Gasteiger partial charge on any atom is -0.313 e. The molecule has 0 spiro atoms. The summed E-state index contributed by atoms with van der Waals surface area (Å²) in [6, 6.07) is 1.74. The van der Waals surface area contributed by atoms with Gasteiger partial charge in [-0.3, -0.25) is 4.90 Å². The fourth-order valence-electron chi connectivity index (χ4n) is 2.35. The largest absolute Gasteiger partial charge is 0.313 e. The van der Waals surface area contributed by atoms with Gasteiger partial charge < -0.3 is 5.32 Å². The van der Waals surface area contributed by atoms with Crippen LogP contribution in [0.15, 0.2) is 0 Å². The summed E-state index contributed by atoms with van der Waals surface area (Å²) in [6.45, 7) is 5.97. The Bertz CT molecular complexity index is 182. The number of rotatable bonds is 6. The van der Waals surface area contributed by atoms with Crippen LogP contribution >= 0.6 is 24.2 Å². The first-order valence-electron chi connectivity index (χ1n) is 6.45. The van der Waals surface area contributed by atoms with Crippen LogP contribution in [-0.2, 0) is 0 Å². The summed E-state index contributed by atoms with van der Waals surface area (Å²) in [5.41, 5.74) is 0. The van der Waals surface area contributed by atoms with E-state index in [0.29, 0.717) is 0 Å².